The average Bonchev–Trinajstić information content (AvgIpc) is 3.38. The van der Waals surface area contributed by atoms with Crippen molar-refractivity contribution < 1.29 is 28.5 Å². The summed E-state index contributed by atoms with van der Waals surface area (Å²) in [4.78, 5) is 13.8. The predicted molar refractivity (Wildman–Crippen MR) is 111 cm³/mol. The number of nitrogens with zero attached hydrogens (tertiary/aromatic N) is 6. The Balaban J connectivity index is 1.88. The minimum atomic E-state index is -0.578. The Morgan fingerprint density at radius 1 is 1.22 bits per heavy atom. The third kappa shape index (κ3) is 4.59. The lowest BCUT2D eigenvalue weighted by atomic mass is 10.2. The maximum atomic E-state index is 12.8. The molecule has 3 rings (SSSR count). The second kappa shape index (κ2) is 9.74. The van der Waals surface area contributed by atoms with Crippen molar-refractivity contribution in [2.75, 3.05) is 41.2 Å². The summed E-state index contributed by atoms with van der Waals surface area (Å²) in [5, 5.41) is 19.2. The molecule has 3 aromatic rings. The van der Waals surface area contributed by atoms with Gasteiger partial charge in [-0.2, -0.15) is 9.78 Å². The van der Waals surface area contributed by atoms with E-state index in [1.54, 1.807) is 12.1 Å². The molecule has 0 radical (unpaired) electrons. The molecule has 2 heterocycles. The molecule has 0 bridgehead atoms. The summed E-state index contributed by atoms with van der Waals surface area (Å²) in [6.45, 7) is 0.395. The number of hydrogen-bond acceptors (Lipinski definition) is 11. The summed E-state index contributed by atoms with van der Waals surface area (Å²) in [5.41, 5.74) is 9.22. The second-order valence-electron chi connectivity index (χ2n) is 6.80. The van der Waals surface area contributed by atoms with Crippen LogP contribution in [0, 0.1) is 0 Å². The van der Waals surface area contributed by atoms with Gasteiger partial charge < -0.3 is 24.8 Å². The van der Waals surface area contributed by atoms with Gasteiger partial charge in [0.25, 0.3) is 5.91 Å². The lowest BCUT2D eigenvalue weighted by molar-refractivity contribution is -0.873. The number of quaternary nitrogens is 1. The molecule has 0 saturated heterocycles. The van der Waals surface area contributed by atoms with Gasteiger partial charge in [-0.1, -0.05) is 5.21 Å². The first kappa shape index (κ1) is 22.5. The Labute approximate surface area is 182 Å². The summed E-state index contributed by atoms with van der Waals surface area (Å²) in [6, 6.07) is 3.34. The number of anilines is 1. The maximum Gasteiger partial charge on any atom is 0.294 e. The number of nitrogen functional groups attached to an aromatic ring is 1. The molecule has 0 saturated carbocycles. The molecule has 0 aliphatic carbocycles. The van der Waals surface area contributed by atoms with Crippen LogP contribution in [0.3, 0.4) is 0 Å². The standard InChI is InChI=1S/C18H23N9O5/c1-26(2)9-12-15(21-25-27(12)17-16(19)23-32-24-17)18(28)22-20-8-11-13(30-4)6-10(29-3)7-14(11)31-5/h6-8H,9H2,1-5H3,(H2,19,23)(H,22,28)/p+1/b20-8-. The number of ether oxygens (including phenoxy) is 3. The Hall–Kier alpha value is -4.20. The zero-order valence-corrected chi connectivity index (χ0v) is 18.2. The summed E-state index contributed by atoms with van der Waals surface area (Å²) < 4.78 is 21.9. The van der Waals surface area contributed by atoms with Crippen molar-refractivity contribution in [2.24, 2.45) is 5.10 Å². The van der Waals surface area contributed by atoms with Gasteiger partial charge in [0, 0.05) is 12.1 Å². The van der Waals surface area contributed by atoms with E-state index in [1.807, 2.05) is 14.1 Å². The molecule has 1 aromatic carbocycles. The second-order valence-corrected chi connectivity index (χ2v) is 6.80. The van der Waals surface area contributed by atoms with E-state index in [4.69, 9.17) is 19.9 Å². The first-order chi connectivity index (χ1) is 15.4. The van der Waals surface area contributed by atoms with Gasteiger partial charge in [0.15, 0.2) is 5.69 Å². The topological polar surface area (TPSA) is 169 Å². The molecule has 2 aromatic heterocycles. The van der Waals surface area contributed by atoms with E-state index in [9.17, 15) is 4.79 Å². The van der Waals surface area contributed by atoms with E-state index in [0.717, 1.165) is 4.90 Å². The van der Waals surface area contributed by atoms with Gasteiger partial charge in [-0.05, 0) is 10.3 Å². The summed E-state index contributed by atoms with van der Waals surface area (Å²) >= 11 is 0. The molecule has 0 unspecified atom stereocenters. The fourth-order valence-electron chi connectivity index (χ4n) is 2.85. The minimum absolute atomic E-state index is 0.0218. The number of methoxy groups -OCH3 is 3. The SMILES string of the molecule is COc1cc(OC)c(/C=N\NC(=O)c2nnn(-c3nonc3N)c2C[NH+](C)C)c(OC)c1. The van der Waals surface area contributed by atoms with Gasteiger partial charge in [0.2, 0.25) is 11.6 Å². The Morgan fingerprint density at radius 2 is 1.91 bits per heavy atom. The third-order valence-electron chi connectivity index (χ3n) is 4.31. The summed E-state index contributed by atoms with van der Waals surface area (Å²) in [6.07, 6.45) is 1.40. The van der Waals surface area contributed by atoms with Crippen molar-refractivity contribution in [3.63, 3.8) is 0 Å². The van der Waals surface area contributed by atoms with E-state index in [0.29, 0.717) is 35.1 Å². The largest absolute Gasteiger partial charge is 0.496 e. The monoisotopic (exact) mass is 446 g/mol. The van der Waals surface area contributed by atoms with E-state index in [1.165, 1.54) is 32.2 Å². The minimum Gasteiger partial charge on any atom is -0.496 e. The van der Waals surface area contributed by atoms with Crippen LogP contribution in [0.1, 0.15) is 21.7 Å². The van der Waals surface area contributed by atoms with Gasteiger partial charge in [-0.15, -0.1) is 5.10 Å². The van der Waals surface area contributed by atoms with Gasteiger partial charge in [-0.25, -0.2) is 10.1 Å². The molecular weight excluding hydrogens is 422 g/mol. The molecule has 170 valence electrons. The van der Waals surface area contributed by atoms with Crippen molar-refractivity contribution in [3.05, 3.63) is 29.1 Å². The normalized spacial score (nSPS) is 11.2. The van der Waals surface area contributed by atoms with Crippen LogP contribution in [0.15, 0.2) is 21.9 Å². The number of carbonyl (C=O) groups excluding carboxylic acids is 1. The number of benzene rings is 1. The van der Waals surface area contributed by atoms with Gasteiger partial charge in [0.1, 0.15) is 29.5 Å². The Bertz CT molecular complexity index is 1100. The molecule has 0 aliphatic rings. The van der Waals surface area contributed by atoms with E-state index in [-0.39, 0.29) is 17.3 Å². The fourth-order valence-corrected chi connectivity index (χ4v) is 2.85. The quantitative estimate of drug-likeness (QED) is 0.264. The van der Waals surface area contributed by atoms with Crippen molar-refractivity contribution in [1.29, 1.82) is 0 Å². The number of hydrazone groups is 1. The zero-order valence-electron chi connectivity index (χ0n) is 18.2. The lowest BCUT2D eigenvalue weighted by Crippen LogP contribution is -3.04. The lowest BCUT2D eigenvalue weighted by Gasteiger charge is -2.12. The molecule has 14 nitrogen and oxygen atoms in total. The van der Waals surface area contributed by atoms with Crippen LogP contribution < -0.4 is 30.3 Å². The van der Waals surface area contributed by atoms with E-state index < -0.39 is 5.91 Å². The summed E-state index contributed by atoms with van der Waals surface area (Å²) in [5.74, 6) is 1.05. The Morgan fingerprint density at radius 3 is 2.44 bits per heavy atom. The van der Waals surface area contributed by atoms with Crippen molar-refractivity contribution >= 4 is 17.9 Å². The van der Waals surface area contributed by atoms with E-state index in [2.05, 4.69) is 35.8 Å². The molecule has 32 heavy (non-hydrogen) atoms. The van der Waals surface area contributed by atoms with Crippen molar-refractivity contribution in [1.82, 2.24) is 30.7 Å². The first-order valence-corrected chi connectivity index (χ1v) is 9.35. The van der Waals surface area contributed by atoms with Crippen molar-refractivity contribution in [2.45, 2.75) is 6.54 Å². The zero-order chi connectivity index (χ0) is 23.3. The van der Waals surface area contributed by atoms with Gasteiger partial charge in [0.05, 0.1) is 47.2 Å². The molecule has 14 heteroatoms. The number of rotatable bonds is 9. The van der Waals surface area contributed by atoms with Gasteiger partial charge >= 0.3 is 0 Å². The van der Waals surface area contributed by atoms with Crippen LogP contribution in [-0.4, -0.2) is 72.9 Å². The average molecular weight is 446 g/mol. The third-order valence-corrected chi connectivity index (χ3v) is 4.31. The molecular formula is C18H24N9O5+. The first-order valence-electron chi connectivity index (χ1n) is 9.35. The van der Waals surface area contributed by atoms with Crippen molar-refractivity contribution in [3.8, 4) is 23.1 Å². The molecule has 0 fully saturated rings. The number of aromatic nitrogens is 5. The van der Waals surface area contributed by atoms with Crippen LogP contribution in [0.4, 0.5) is 5.82 Å². The van der Waals surface area contributed by atoms with Crippen LogP contribution in [0.25, 0.3) is 5.82 Å². The smallest absolute Gasteiger partial charge is 0.294 e. The van der Waals surface area contributed by atoms with E-state index >= 15 is 0 Å². The molecule has 0 spiro atoms. The van der Waals surface area contributed by atoms with Gasteiger partial charge in [-0.3, -0.25) is 4.79 Å². The number of amides is 1. The van der Waals surface area contributed by atoms with Crippen LogP contribution in [0.5, 0.6) is 17.2 Å². The molecule has 4 N–H and O–H groups in total. The number of nitrogens with two attached hydrogens (primary N) is 1. The maximum absolute atomic E-state index is 12.8. The highest BCUT2D eigenvalue weighted by molar-refractivity contribution is 5.95. The number of hydrogen-bond donors (Lipinski definition) is 3. The molecule has 1 amide bonds. The number of carbonyl (C=O) groups is 1. The fraction of sp³-hybridized carbons (Fsp3) is 0.333. The van der Waals surface area contributed by atoms with Crippen LogP contribution >= 0.6 is 0 Å². The summed E-state index contributed by atoms with van der Waals surface area (Å²) in [7, 11) is 8.35. The highest BCUT2D eigenvalue weighted by atomic mass is 16.6. The molecule has 0 aliphatic heterocycles. The number of nitrogens with one attached hydrogen (secondary N) is 2. The Kier molecular flexibility index (Phi) is 6.84. The molecule has 0 atom stereocenters. The van der Waals surface area contributed by atoms with Crippen LogP contribution in [-0.2, 0) is 6.54 Å². The van der Waals surface area contributed by atoms with Crippen LogP contribution in [0.2, 0.25) is 0 Å². The predicted octanol–water partition coefficient (Wildman–Crippen LogP) is -1.33. The highest BCUT2D eigenvalue weighted by Crippen LogP contribution is 2.32. The highest BCUT2D eigenvalue weighted by Gasteiger charge is 2.25.